The number of anilines is 1. The molecule has 0 aliphatic carbocycles. The molecule has 2 aromatic carbocycles. The van der Waals surface area contributed by atoms with Crippen LogP contribution in [0.25, 0.3) is 11.1 Å². The molecule has 5 heteroatoms. The molecule has 2 amide bonds. The predicted octanol–water partition coefficient (Wildman–Crippen LogP) is 4.29. The summed E-state index contributed by atoms with van der Waals surface area (Å²) in [5, 5.41) is 2.95. The summed E-state index contributed by atoms with van der Waals surface area (Å²) < 4.78 is 0. The first-order valence-electron chi connectivity index (χ1n) is 10.3. The summed E-state index contributed by atoms with van der Waals surface area (Å²) in [6.07, 6.45) is 4.92. The quantitative estimate of drug-likeness (QED) is 0.696. The van der Waals surface area contributed by atoms with Crippen molar-refractivity contribution in [2.24, 2.45) is 0 Å². The molecule has 0 atom stereocenters. The van der Waals surface area contributed by atoms with Gasteiger partial charge in [-0.1, -0.05) is 25.1 Å². The number of pyridine rings is 1. The molecule has 152 valence electrons. The molecule has 3 aromatic rings. The molecule has 1 aliphatic heterocycles. The van der Waals surface area contributed by atoms with Crippen LogP contribution in [0.15, 0.2) is 60.9 Å². The molecule has 5 nitrogen and oxygen atoms in total. The van der Waals surface area contributed by atoms with Gasteiger partial charge in [-0.25, -0.2) is 0 Å². The Morgan fingerprint density at radius 2 is 1.83 bits per heavy atom. The highest BCUT2D eigenvalue weighted by molar-refractivity contribution is 5.96. The van der Waals surface area contributed by atoms with Crippen LogP contribution in [0.3, 0.4) is 0 Å². The number of aromatic nitrogens is 1. The fraction of sp³-hybridized carbons (Fsp3) is 0.240. The Morgan fingerprint density at radius 1 is 1.07 bits per heavy atom. The van der Waals surface area contributed by atoms with Crippen LogP contribution in [-0.2, 0) is 17.8 Å². The van der Waals surface area contributed by atoms with Gasteiger partial charge in [0.05, 0.1) is 0 Å². The minimum atomic E-state index is -0.104. The Labute approximate surface area is 176 Å². The number of carbonyl (C=O) groups is 2. The zero-order valence-electron chi connectivity index (χ0n) is 17.3. The summed E-state index contributed by atoms with van der Waals surface area (Å²) in [5.74, 6) is 0.0609. The number of rotatable bonds is 5. The van der Waals surface area contributed by atoms with E-state index in [4.69, 9.17) is 0 Å². The van der Waals surface area contributed by atoms with Crippen LogP contribution in [0.1, 0.15) is 40.4 Å². The highest BCUT2D eigenvalue weighted by Crippen LogP contribution is 2.32. The summed E-state index contributed by atoms with van der Waals surface area (Å²) in [7, 11) is 0. The number of fused-ring (bicyclic) bond motifs is 1. The third-order valence-corrected chi connectivity index (χ3v) is 5.65. The topological polar surface area (TPSA) is 62.3 Å². The molecule has 30 heavy (non-hydrogen) atoms. The lowest BCUT2D eigenvalue weighted by atomic mass is 10.0. The van der Waals surface area contributed by atoms with Crippen LogP contribution < -0.4 is 10.2 Å². The summed E-state index contributed by atoms with van der Waals surface area (Å²) in [6, 6.07) is 15.8. The largest absolute Gasteiger partial charge is 0.348 e. The van der Waals surface area contributed by atoms with Crippen molar-refractivity contribution in [2.45, 2.75) is 33.2 Å². The third-order valence-electron chi connectivity index (χ3n) is 5.65. The maximum atomic E-state index is 12.5. The minimum absolute atomic E-state index is 0.104. The Hall–Kier alpha value is -3.47. The Kier molecular flexibility index (Phi) is 5.61. The second-order valence-electron chi connectivity index (χ2n) is 7.55. The van der Waals surface area contributed by atoms with Gasteiger partial charge in [0.1, 0.15) is 0 Å². The van der Waals surface area contributed by atoms with Gasteiger partial charge in [0, 0.05) is 43.2 Å². The molecule has 0 bridgehead atoms. The zero-order chi connectivity index (χ0) is 21.1. The van der Waals surface area contributed by atoms with Crippen molar-refractivity contribution in [3.8, 4) is 11.1 Å². The van der Waals surface area contributed by atoms with Gasteiger partial charge < -0.3 is 10.2 Å². The van der Waals surface area contributed by atoms with Crippen molar-refractivity contribution in [1.29, 1.82) is 0 Å². The number of nitrogens with one attached hydrogen (secondary N) is 1. The van der Waals surface area contributed by atoms with Gasteiger partial charge >= 0.3 is 0 Å². The molecular formula is C25H25N3O2. The van der Waals surface area contributed by atoms with Crippen molar-refractivity contribution in [3.63, 3.8) is 0 Å². The molecule has 2 heterocycles. The number of amides is 2. The lowest BCUT2D eigenvalue weighted by Crippen LogP contribution is -2.27. The fourth-order valence-corrected chi connectivity index (χ4v) is 3.80. The highest BCUT2D eigenvalue weighted by Gasteiger charge is 2.23. The van der Waals surface area contributed by atoms with E-state index in [1.165, 1.54) is 5.56 Å². The zero-order valence-corrected chi connectivity index (χ0v) is 17.3. The van der Waals surface area contributed by atoms with E-state index in [2.05, 4.69) is 16.4 Å². The van der Waals surface area contributed by atoms with Crippen LogP contribution in [-0.4, -0.2) is 23.3 Å². The molecule has 1 aromatic heterocycles. The van der Waals surface area contributed by atoms with E-state index < -0.39 is 0 Å². The second-order valence-corrected chi connectivity index (χ2v) is 7.55. The Bertz CT molecular complexity index is 1090. The Balaban J connectivity index is 1.45. The van der Waals surface area contributed by atoms with Crippen molar-refractivity contribution in [1.82, 2.24) is 10.3 Å². The summed E-state index contributed by atoms with van der Waals surface area (Å²) in [4.78, 5) is 30.6. The SMILES string of the molecule is CCC(=O)N1CCc2cc(-c3ccc(C(=O)NCc4cnccc4C)cc3)ccc21. The number of nitrogens with zero attached hydrogens (tertiary/aromatic N) is 2. The Morgan fingerprint density at radius 3 is 2.57 bits per heavy atom. The van der Waals surface area contributed by atoms with E-state index in [1.54, 1.807) is 12.4 Å². The molecular weight excluding hydrogens is 374 g/mol. The molecule has 1 N–H and O–H groups in total. The first-order chi connectivity index (χ1) is 14.6. The van der Waals surface area contributed by atoms with Gasteiger partial charge in [-0.15, -0.1) is 0 Å². The molecule has 0 radical (unpaired) electrons. The molecule has 0 unspecified atom stereocenters. The molecule has 1 aliphatic rings. The number of carbonyl (C=O) groups excluding carboxylic acids is 2. The van der Waals surface area contributed by atoms with E-state index in [9.17, 15) is 9.59 Å². The summed E-state index contributed by atoms with van der Waals surface area (Å²) in [5.41, 5.74) is 7.11. The van der Waals surface area contributed by atoms with Gasteiger partial charge in [-0.3, -0.25) is 14.6 Å². The van der Waals surface area contributed by atoms with Crippen molar-refractivity contribution < 1.29 is 9.59 Å². The average Bonchev–Trinajstić information content (AvgIpc) is 3.21. The highest BCUT2D eigenvalue weighted by atomic mass is 16.2. The predicted molar refractivity (Wildman–Crippen MR) is 118 cm³/mol. The van der Waals surface area contributed by atoms with Crippen molar-refractivity contribution in [3.05, 3.63) is 83.2 Å². The number of hydrogen-bond acceptors (Lipinski definition) is 3. The van der Waals surface area contributed by atoms with E-state index in [-0.39, 0.29) is 11.8 Å². The van der Waals surface area contributed by atoms with Gasteiger partial charge in [0.2, 0.25) is 5.91 Å². The first-order valence-corrected chi connectivity index (χ1v) is 10.3. The summed E-state index contributed by atoms with van der Waals surface area (Å²) in [6.45, 7) is 5.11. The number of hydrogen-bond donors (Lipinski definition) is 1. The van der Waals surface area contributed by atoms with Crippen molar-refractivity contribution >= 4 is 17.5 Å². The lowest BCUT2D eigenvalue weighted by Gasteiger charge is -2.16. The molecule has 0 saturated carbocycles. The second kappa shape index (κ2) is 8.49. The van der Waals surface area contributed by atoms with Crippen LogP contribution in [0, 0.1) is 6.92 Å². The van der Waals surface area contributed by atoms with Gasteiger partial charge in [-0.2, -0.15) is 0 Å². The molecule has 0 fully saturated rings. The molecule has 0 spiro atoms. The molecule has 4 rings (SSSR count). The average molecular weight is 399 g/mol. The van der Waals surface area contributed by atoms with E-state index in [1.807, 2.05) is 61.2 Å². The summed E-state index contributed by atoms with van der Waals surface area (Å²) >= 11 is 0. The minimum Gasteiger partial charge on any atom is -0.348 e. The number of benzene rings is 2. The third kappa shape index (κ3) is 3.96. The van der Waals surface area contributed by atoms with Gasteiger partial charge in [-0.05, 0) is 71.5 Å². The standard InChI is InChI=1S/C25H25N3O2/c1-3-24(29)28-13-11-21-14-20(8-9-23(21)28)18-4-6-19(7-5-18)25(30)27-16-22-15-26-12-10-17(22)2/h4-10,12,14-15H,3,11,13,16H2,1-2H3,(H,27,30). The van der Waals surface area contributed by atoms with E-state index >= 15 is 0 Å². The van der Waals surface area contributed by atoms with Crippen LogP contribution in [0.4, 0.5) is 5.69 Å². The van der Waals surface area contributed by atoms with Crippen molar-refractivity contribution in [2.75, 3.05) is 11.4 Å². The van der Waals surface area contributed by atoms with Crippen LogP contribution in [0.5, 0.6) is 0 Å². The first kappa shape index (κ1) is 19.8. The number of aryl methyl sites for hydroxylation is 1. The van der Waals surface area contributed by atoms with E-state index in [0.29, 0.717) is 18.5 Å². The normalized spacial score (nSPS) is 12.5. The van der Waals surface area contributed by atoms with Crippen LogP contribution in [0.2, 0.25) is 0 Å². The monoisotopic (exact) mass is 399 g/mol. The molecule has 0 saturated heterocycles. The maximum absolute atomic E-state index is 12.5. The lowest BCUT2D eigenvalue weighted by molar-refractivity contribution is -0.118. The van der Waals surface area contributed by atoms with Gasteiger partial charge in [0.25, 0.3) is 5.91 Å². The van der Waals surface area contributed by atoms with Gasteiger partial charge in [0.15, 0.2) is 0 Å². The smallest absolute Gasteiger partial charge is 0.251 e. The van der Waals surface area contributed by atoms with Crippen LogP contribution >= 0.6 is 0 Å². The maximum Gasteiger partial charge on any atom is 0.251 e. The fourth-order valence-electron chi connectivity index (χ4n) is 3.80. The van der Waals surface area contributed by atoms with E-state index in [0.717, 1.165) is 40.9 Å².